The van der Waals surface area contributed by atoms with Gasteiger partial charge < -0.3 is 5.11 Å². The summed E-state index contributed by atoms with van der Waals surface area (Å²) in [6.07, 6.45) is 21.2. The number of aliphatic carboxylic acids is 1. The molecule has 4 heteroatoms. The van der Waals surface area contributed by atoms with Gasteiger partial charge >= 0.3 is 5.97 Å². The minimum absolute atomic E-state index is 0. The fourth-order valence-corrected chi connectivity index (χ4v) is 2.35. The molecule has 0 bridgehead atoms. The van der Waals surface area contributed by atoms with E-state index in [4.69, 9.17) is 5.11 Å². The van der Waals surface area contributed by atoms with Crippen LogP contribution in [0.3, 0.4) is 0 Å². The van der Waals surface area contributed by atoms with Gasteiger partial charge in [0, 0.05) is 6.42 Å². The lowest BCUT2D eigenvalue weighted by atomic mass is 10.1. The van der Waals surface area contributed by atoms with Crippen molar-refractivity contribution in [2.24, 2.45) is 0 Å². The van der Waals surface area contributed by atoms with Crippen molar-refractivity contribution < 1.29 is 9.90 Å². The van der Waals surface area contributed by atoms with Gasteiger partial charge in [-0.3, -0.25) is 4.79 Å². The summed E-state index contributed by atoms with van der Waals surface area (Å²) in [4.78, 5) is 10.3. The third-order valence-electron chi connectivity index (χ3n) is 3.65. The molecule has 0 fully saturated rings. The molecule has 0 aliphatic heterocycles. The van der Waals surface area contributed by atoms with Crippen LogP contribution in [0.2, 0.25) is 0 Å². The number of carboxylic acids is 1. The maximum Gasteiger partial charge on any atom is 0.303 e. The van der Waals surface area contributed by atoms with Crippen LogP contribution in [0.25, 0.3) is 0 Å². The Morgan fingerprint density at radius 3 is 1.59 bits per heavy atom. The predicted molar refractivity (Wildman–Crippen MR) is 102 cm³/mol. The van der Waals surface area contributed by atoms with Crippen LogP contribution in [0.1, 0.15) is 96.8 Å². The number of rotatable bonds is 15. The standard InChI is InChI=1S/C18H34O2.2ClH/c1-2-3-4-5-6-7-8-9-10-11-12-13-14-15-16-17-18(19)20;;/h9-10H,2-8,11-17H2,1H3,(H,19,20);2*1H. The molecule has 0 aromatic carbocycles. The Balaban J connectivity index is -0.00000180. The number of carbonyl (C=O) groups is 1. The van der Waals surface area contributed by atoms with Crippen LogP contribution in [0.15, 0.2) is 12.2 Å². The van der Waals surface area contributed by atoms with Gasteiger partial charge in [-0.1, -0.05) is 70.4 Å². The van der Waals surface area contributed by atoms with Crippen LogP contribution < -0.4 is 0 Å². The summed E-state index contributed by atoms with van der Waals surface area (Å²) < 4.78 is 0. The van der Waals surface area contributed by atoms with Crippen LogP contribution in [0.5, 0.6) is 0 Å². The average Bonchev–Trinajstić information content (AvgIpc) is 2.43. The number of hydrogen-bond donors (Lipinski definition) is 1. The molecule has 0 aromatic rings. The van der Waals surface area contributed by atoms with Crippen LogP contribution in [-0.2, 0) is 4.79 Å². The lowest BCUT2D eigenvalue weighted by molar-refractivity contribution is -0.137. The van der Waals surface area contributed by atoms with E-state index < -0.39 is 5.97 Å². The molecule has 0 unspecified atom stereocenters. The van der Waals surface area contributed by atoms with E-state index in [1.54, 1.807) is 0 Å². The molecule has 0 aliphatic carbocycles. The summed E-state index contributed by atoms with van der Waals surface area (Å²) in [6, 6.07) is 0. The highest BCUT2D eigenvalue weighted by Crippen LogP contribution is 2.09. The molecular weight excluding hydrogens is 319 g/mol. The molecular formula is C18H36Cl2O2. The van der Waals surface area contributed by atoms with Gasteiger partial charge in [-0.25, -0.2) is 0 Å². The summed E-state index contributed by atoms with van der Waals surface area (Å²) in [5.74, 6) is -0.664. The number of unbranched alkanes of at least 4 members (excludes halogenated alkanes) is 11. The van der Waals surface area contributed by atoms with E-state index in [2.05, 4.69) is 19.1 Å². The van der Waals surface area contributed by atoms with E-state index in [1.807, 2.05) is 0 Å². The van der Waals surface area contributed by atoms with Crippen molar-refractivity contribution in [2.75, 3.05) is 0 Å². The largest absolute Gasteiger partial charge is 0.481 e. The van der Waals surface area contributed by atoms with Crippen molar-refractivity contribution in [1.29, 1.82) is 0 Å². The Bertz CT molecular complexity index is 243. The summed E-state index contributed by atoms with van der Waals surface area (Å²) in [5, 5.41) is 8.51. The van der Waals surface area contributed by atoms with E-state index in [0.29, 0.717) is 6.42 Å². The van der Waals surface area contributed by atoms with Crippen LogP contribution in [0.4, 0.5) is 0 Å². The number of carboxylic acid groups (broad SMARTS) is 1. The topological polar surface area (TPSA) is 37.3 Å². The molecule has 0 radical (unpaired) electrons. The number of halogens is 2. The highest BCUT2D eigenvalue weighted by Gasteiger charge is 1.95. The highest BCUT2D eigenvalue weighted by atomic mass is 35.5. The average molecular weight is 355 g/mol. The van der Waals surface area contributed by atoms with E-state index in [0.717, 1.165) is 12.8 Å². The second-order valence-electron chi connectivity index (χ2n) is 5.73. The van der Waals surface area contributed by atoms with Crippen LogP contribution in [-0.4, -0.2) is 11.1 Å². The van der Waals surface area contributed by atoms with Crippen molar-refractivity contribution in [3.63, 3.8) is 0 Å². The molecule has 0 heterocycles. The summed E-state index contributed by atoms with van der Waals surface area (Å²) in [7, 11) is 0. The Morgan fingerprint density at radius 2 is 1.14 bits per heavy atom. The maximum atomic E-state index is 10.3. The lowest BCUT2D eigenvalue weighted by Gasteiger charge is -1.99. The maximum absolute atomic E-state index is 10.3. The van der Waals surface area contributed by atoms with Gasteiger partial charge in [0.1, 0.15) is 0 Å². The van der Waals surface area contributed by atoms with Gasteiger partial charge in [0.05, 0.1) is 0 Å². The SMILES string of the molecule is CCCCCCCCC=CCCCCCCCC(=O)O.Cl.Cl. The van der Waals surface area contributed by atoms with E-state index in [-0.39, 0.29) is 24.8 Å². The molecule has 0 aromatic heterocycles. The molecule has 0 atom stereocenters. The molecule has 2 nitrogen and oxygen atoms in total. The van der Waals surface area contributed by atoms with Crippen LogP contribution >= 0.6 is 24.8 Å². The first-order valence-corrected chi connectivity index (χ1v) is 8.64. The van der Waals surface area contributed by atoms with Gasteiger partial charge in [0.2, 0.25) is 0 Å². The molecule has 0 amide bonds. The van der Waals surface area contributed by atoms with Gasteiger partial charge in [-0.15, -0.1) is 24.8 Å². The first-order valence-electron chi connectivity index (χ1n) is 8.64. The first kappa shape index (κ1) is 26.7. The van der Waals surface area contributed by atoms with Crippen molar-refractivity contribution in [3.05, 3.63) is 12.2 Å². The quantitative estimate of drug-likeness (QED) is 0.255. The molecule has 0 aliphatic rings. The predicted octanol–water partition coefficient (Wildman–Crippen LogP) is 6.95. The number of hydrogen-bond acceptors (Lipinski definition) is 1. The van der Waals surface area contributed by atoms with Crippen molar-refractivity contribution in [2.45, 2.75) is 96.8 Å². The van der Waals surface area contributed by atoms with Crippen molar-refractivity contribution in [1.82, 2.24) is 0 Å². The molecule has 134 valence electrons. The van der Waals surface area contributed by atoms with Gasteiger partial charge in [0.15, 0.2) is 0 Å². The number of allylic oxidation sites excluding steroid dienone is 2. The summed E-state index contributed by atoms with van der Waals surface area (Å²) in [6.45, 7) is 2.26. The zero-order valence-corrected chi connectivity index (χ0v) is 15.9. The Kier molecular flexibility index (Phi) is 28.0. The second-order valence-corrected chi connectivity index (χ2v) is 5.73. The fraction of sp³-hybridized carbons (Fsp3) is 0.833. The van der Waals surface area contributed by atoms with Crippen LogP contribution in [0, 0.1) is 0 Å². The minimum Gasteiger partial charge on any atom is -0.481 e. The summed E-state index contributed by atoms with van der Waals surface area (Å²) in [5.41, 5.74) is 0. The van der Waals surface area contributed by atoms with E-state index in [1.165, 1.54) is 70.6 Å². The van der Waals surface area contributed by atoms with E-state index in [9.17, 15) is 4.79 Å². The molecule has 0 rings (SSSR count). The zero-order valence-electron chi connectivity index (χ0n) is 14.2. The Labute approximate surface area is 150 Å². The molecule has 0 saturated heterocycles. The zero-order chi connectivity index (χ0) is 14.9. The molecule has 22 heavy (non-hydrogen) atoms. The smallest absolute Gasteiger partial charge is 0.303 e. The fourth-order valence-electron chi connectivity index (χ4n) is 2.35. The highest BCUT2D eigenvalue weighted by molar-refractivity contribution is 5.85. The molecule has 1 N–H and O–H groups in total. The second kappa shape index (κ2) is 23.1. The normalized spacial score (nSPS) is 10.2. The summed E-state index contributed by atoms with van der Waals surface area (Å²) >= 11 is 0. The van der Waals surface area contributed by atoms with Gasteiger partial charge in [-0.05, 0) is 32.1 Å². The Morgan fingerprint density at radius 1 is 0.727 bits per heavy atom. The Hall–Kier alpha value is -0.210. The third kappa shape index (κ3) is 24.8. The molecule has 0 spiro atoms. The van der Waals surface area contributed by atoms with Gasteiger partial charge in [0.25, 0.3) is 0 Å². The van der Waals surface area contributed by atoms with E-state index >= 15 is 0 Å². The van der Waals surface area contributed by atoms with Crippen molar-refractivity contribution >= 4 is 30.8 Å². The third-order valence-corrected chi connectivity index (χ3v) is 3.65. The lowest BCUT2D eigenvalue weighted by Crippen LogP contribution is -1.93. The van der Waals surface area contributed by atoms with Crippen molar-refractivity contribution in [3.8, 4) is 0 Å². The minimum atomic E-state index is -0.664. The monoisotopic (exact) mass is 354 g/mol. The first-order chi connectivity index (χ1) is 9.77. The van der Waals surface area contributed by atoms with Gasteiger partial charge in [-0.2, -0.15) is 0 Å². The molecule has 0 saturated carbocycles.